The molecular weight excluding hydrogens is 338 g/mol. The fraction of sp³-hybridized carbons (Fsp3) is 0.318. The van der Waals surface area contributed by atoms with E-state index in [2.05, 4.69) is 17.2 Å². The lowest BCUT2D eigenvalue weighted by Crippen LogP contribution is -2.41. The molecule has 0 N–H and O–H groups in total. The van der Waals surface area contributed by atoms with Gasteiger partial charge in [-0.2, -0.15) is 5.10 Å². The Morgan fingerprint density at radius 3 is 2.74 bits per heavy atom. The Balaban J connectivity index is 1.60. The number of hydrogen-bond acceptors (Lipinski definition) is 3. The number of nitrogens with zero attached hydrogens (tertiary/aromatic N) is 3. The fourth-order valence-corrected chi connectivity index (χ4v) is 3.95. The van der Waals surface area contributed by atoms with Gasteiger partial charge in [-0.25, -0.2) is 5.01 Å². The van der Waals surface area contributed by atoms with E-state index >= 15 is 0 Å². The van der Waals surface area contributed by atoms with E-state index in [1.165, 1.54) is 16.1 Å². The largest absolute Gasteiger partial charge is 0.334 e. The standard InChI is InChI=1S/C22H23N3O2/c1-15-6-5-8-17(14-15)25-21(26)13-11-19(23-25)22(27)24(2)20-12-10-16-7-3-4-9-18(16)20/h3-9,14,20H,10-13H2,1-2H3. The minimum Gasteiger partial charge on any atom is -0.334 e. The summed E-state index contributed by atoms with van der Waals surface area (Å²) in [4.78, 5) is 27.2. The van der Waals surface area contributed by atoms with Crippen LogP contribution in [-0.4, -0.2) is 29.5 Å². The summed E-state index contributed by atoms with van der Waals surface area (Å²) in [5.74, 6) is -0.173. The van der Waals surface area contributed by atoms with Crippen molar-refractivity contribution in [2.45, 2.75) is 38.6 Å². The van der Waals surface area contributed by atoms with Gasteiger partial charge in [-0.3, -0.25) is 9.59 Å². The van der Waals surface area contributed by atoms with E-state index in [4.69, 9.17) is 0 Å². The highest BCUT2D eigenvalue weighted by atomic mass is 16.2. The van der Waals surface area contributed by atoms with E-state index in [1.54, 1.807) is 4.90 Å². The van der Waals surface area contributed by atoms with Crippen molar-refractivity contribution in [3.63, 3.8) is 0 Å². The molecule has 1 atom stereocenters. The molecule has 0 spiro atoms. The topological polar surface area (TPSA) is 53.0 Å². The summed E-state index contributed by atoms with van der Waals surface area (Å²) in [6.07, 6.45) is 2.60. The Labute approximate surface area is 159 Å². The van der Waals surface area contributed by atoms with Gasteiger partial charge in [0.15, 0.2) is 0 Å². The zero-order valence-electron chi connectivity index (χ0n) is 15.7. The lowest BCUT2D eigenvalue weighted by molar-refractivity contribution is -0.125. The average molecular weight is 361 g/mol. The number of fused-ring (bicyclic) bond motifs is 1. The molecule has 0 saturated heterocycles. The molecule has 5 heteroatoms. The van der Waals surface area contributed by atoms with Crippen molar-refractivity contribution < 1.29 is 9.59 Å². The molecule has 1 heterocycles. The predicted octanol–water partition coefficient (Wildman–Crippen LogP) is 3.62. The molecule has 2 aliphatic rings. The summed E-state index contributed by atoms with van der Waals surface area (Å²) in [6, 6.07) is 16.0. The van der Waals surface area contributed by atoms with Crippen molar-refractivity contribution in [1.82, 2.24) is 4.90 Å². The first kappa shape index (κ1) is 17.5. The third-order valence-corrected chi connectivity index (χ3v) is 5.41. The van der Waals surface area contributed by atoms with E-state index in [0.29, 0.717) is 24.2 Å². The highest BCUT2D eigenvalue weighted by Gasteiger charge is 2.33. The van der Waals surface area contributed by atoms with Gasteiger partial charge in [-0.15, -0.1) is 0 Å². The quantitative estimate of drug-likeness (QED) is 0.838. The van der Waals surface area contributed by atoms with Crippen LogP contribution in [0, 0.1) is 6.92 Å². The molecule has 0 saturated carbocycles. The Morgan fingerprint density at radius 2 is 1.93 bits per heavy atom. The van der Waals surface area contributed by atoms with Crippen LogP contribution in [0.3, 0.4) is 0 Å². The molecule has 4 rings (SSSR count). The molecule has 2 aromatic carbocycles. The van der Waals surface area contributed by atoms with Gasteiger partial charge in [0.1, 0.15) is 5.71 Å². The van der Waals surface area contributed by atoms with E-state index in [1.807, 2.05) is 50.4 Å². The van der Waals surface area contributed by atoms with Gasteiger partial charge < -0.3 is 4.90 Å². The van der Waals surface area contributed by atoms with Crippen LogP contribution in [0.15, 0.2) is 53.6 Å². The van der Waals surface area contributed by atoms with Gasteiger partial charge in [0.05, 0.1) is 11.7 Å². The zero-order chi connectivity index (χ0) is 19.0. The number of benzene rings is 2. The van der Waals surface area contributed by atoms with Crippen molar-refractivity contribution in [3.8, 4) is 0 Å². The smallest absolute Gasteiger partial charge is 0.270 e. The molecule has 2 amide bonds. The van der Waals surface area contributed by atoms with Crippen LogP contribution in [0.5, 0.6) is 0 Å². The molecule has 138 valence electrons. The summed E-state index contributed by atoms with van der Waals surface area (Å²) in [7, 11) is 1.84. The first-order valence-electron chi connectivity index (χ1n) is 9.36. The first-order valence-corrected chi connectivity index (χ1v) is 9.36. The van der Waals surface area contributed by atoms with Crippen molar-refractivity contribution in [2.75, 3.05) is 12.1 Å². The molecule has 0 radical (unpaired) electrons. The van der Waals surface area contributed by atoms with Gasteiger partial charge >= 0.3 is 0 Å². The molecule has 1 aliphatic heterocycles. The molecule has 0 fully saturated rings. The fourth-order valence-electron chi connectivity index (χ4n) is 3.95. The van der Waals surface area contributed by atoms with Crippen molar-refractivity contribution >= 4 is 23.2 Å². The van der Waals surface area contributed by atoms with E-state index < -0.39 is 0 Å². The zero-order valence-corrected chi connectivity index (χ0v) is 15.7. The maximum absolute atomic E-state index is 13.1. The number of carbonyl (C=O) groups excluding carboxylic acids is 2. The number of hydrazone groups is 1. The van der Waals surface area contributed by atoms with Crippen LogP contribution in [0.2, 0.25) is 0 Å². The van der Waals surface area contributed by atoms with Crippen molar-refractivity contribution in [3.05, 3.63) is 65.2 Å². The van der Waals surface area contributed by atoms with Crippen LogP contribution >= 0.6 is 0 Å². The van der Waals surface area contributed by atoms with Crippen molar-refractivity contribution in [2.24, 2.45) is 5.10 Å². The lowest BCUT2D eigenvalue weighted by Gasteiger charge is -2.29. The van der Waals surface area contributed by atoms with Crippen LogP contribution in [-0.2, 0) is 16.0 Å². The Bertz CT molecular complexity index is 935. The summed E-state index contributed by atoms with van der Waals surface area (Å²) in [5.41, 5.74) is 4.73. The number of amides is 2. The maximum atomic E-state index is 13.1. The lowest BCUT2D eigenvalue weighted by atomic mass is 10.1. The Kier molecular flexibility index (Phi) is 4.52. The summed E-state index contributed by atoms with van der Waals surface area (Å²) < 4.78 is 0. The SMILES string of the molecule is Cc1cccc(N2N=C(C(=O)N(C)C3CCc4ccccc43)CCC2=O)c1. The molecular formula is C22H23N3O2. The average Bonchev–Trinajstić information content (AvgIpc) is 3.11. The second kappa shape index (κ2) is 6.99. The normalized spacial score (nSPS) is 18.9. The van der Waals surface area contributed by atoms with Gasteiger partial charge in [0.25, 0.3) is 5.91 Å². The summed E-state index contributed by atoms with van der Waals surface area (Å²) in [6.45, 7) is 1.97. The van der Waals surface area contributed by atoms with Gasteiger partial charge in [-0.1, -0.05) is 36.4 Å². The van der Waals surface area contributed by atoms with Crippen LogP contribution in [0.1, 0.15) is 42.0 Å². The van der Waals surface area contributed by atoms with Gasteiger partial charge in [-0.05, 0) is 48.6 Å². The molecule has 0 aromatic heterocycles. The van der Waals surface area contributed by atoms with E-state index in [9.17, 15) is 9.59 Å². The van der Waals surface area contributed by atoms with E-state index in [-0.39, 0.29) is 17.9 Å². The second-order valence-electron chi connectivity index (χ2n) is 7.26. The summed E-state index contributed by atoms with van der Waals surface area (Å²) >= 11 is 0. The van der Waals surface area contributed by atoms with Crippen LogP contribution in [0.25, 0.3) is 0 Å². The Morgan fingerprint density at radius 1 is 1.11 bits per heavy atom. The Hall–Kier alpha value is -2.95. The van der Waals surface area contributed by atoms with Crippen molar-refractivity contribution in [1.29, 1.82) is 0 Å². The van der Waals surface area contributed by atoms with Crippen LogP contribution < -0.4 is 5.01 Å². The number of rotatable bonds is 3. The highest BCUT2D eigenvalue weighted by molar-refractivity contribution is 6.40. The highest BCUT2D eigenvalue weighted by Crippen LogP contribution is 2.35. The van der Waals surface area contributed by atoms with E-state index in [0.717, 1.165) is 18.4 Å². The first-order chi connectivity index (χ1) is 13.0. The molecule has 1 unspecified atom stereocenters. The predicted molar refractivity (Wildman–Crippen MR) is 106 cm³/mol. The number of hydrogen-bond donors (Lipinski definition) is 0. The monoisotopic (exact) mass is 361 g/mol. The minimum atomic E-state index is -0.0955. The summed E-state index contributed by atoms with van der Waals surface area (Å²) in [5, 5.41) is 5.81. The number of anilines is 1. The molecule has 2 aromatic rings. The third kappa shape index (κ3) is 3.25. The second-order valence-corrected chi connectivity index (χ2v) is 7.26. The number of aryl methyl sites for hydroxylation is 2. The molecule has 1 aliphatic carbocycles. The third-order valence-electron chi connectivity index (χ3n) is 5.41. The number of carbonyl (C=O) groups is 2. The molecule has 0 bridgehead atoms. The van der Waals surface area contributed by atoms with Crippen LogP contribution in [0.4, 0.5) is 5.69 Å². The minimum absolute atomic E-state index is 0.0708. The maximum Gasteiger partial charge on any atom is 0.270 e. The molecule has 27 heavy (non-hydrogen) atoms. The molecule has 5 nitrogen and oxygen atoms in total. The van der Waals surface area contributed by atoms with Gasteiger partial charge in [0.2, 0.25) is 5.91 Å². The van der Waals surface area contributed by atoms with Gasteiger partial charge in [0, 0.05) is 19.9 Å².